The number of aromatic nitrogens is 2. The maximum absolute atomic E-state index is 13.9. The fraction of sp³-hybridized carbons (Fsp3) is 0.222. The van der Waals surface area contributed by atoms with E-state index >= 15 is 0 Å². The van der Waals surface area contributed by atoms with Crippen LogP contribution in [0.25, 0.3) is 0 Å². The van der Waals surface area contributed by atoms with E-state index in [1.54, 1.807) is 6.92 Å². The smallest absolute Gasteiger partial charge is 0.327 e. The number of carbonyl (C=O) groups excluding carboxylic acids is 1. The van der Waals surface area contributed by atoms with Crippen LogP contribution in [0, 0.1) is 23.3 Å². The molecule has 1 aromatic carbocycles. The van der Waals surface area contributed by atoms with Gasteiger partial charge in [0.05, 0.1) is 18.5 Å². The minimum atomic E-state index is -1.13. The van der Waals surface area contributed by atoms with E-state index in [-0.39, 0.29) is 30.6 Å². The van der Waals surface area contributed by atoms with Crippen molar-refractivity contribution in [1.82, 2.24) is 9.97 Å². The van der Waals surface area contributed by atoms with Crippen LogP contribution in [0.15, 0.2) is 35.2 Å². The van der Waals surface area contributed by atoms with Gasteiger partial charge in [-0.2, -0.15) is 4.98 Å². The molecule has 1 heterocycles. The summed E-state index contributed by atoms with van der Waals surface area (Å²) in [6.07, 6.45) is 3.15. The first-order valence-corrected chi connectivity index (χ1v) is 8.58. The van der Waals surface area contributed by atoms with Crippen molar-refractivity contribution in [3.63, 3.8) is 0 Å². The summed E-state index contributed by atoms with van der Waals surface area (Å²) in [7, 11) is 0. The summed E-state index contributed by atoms with van der Waals surface area (Å²) < 4.78 is 59.0. The van der Waals surface area contributed by atoms with E-state index < -0.39 is 41.3 Å². The summed E-state index contributed by atoms with van der Waals surface area (Å²) in [6, 6.07) is 1.02. The zero-order valence-corrected chi connectivity index (χ0v) is 15.8. The molecule has 0 aliphatic rings. The molecule has 1 aromatic heterocycles. The number of anilines is 2. The molecule has 0 saturated carbocycles. The van der Waals surface area contributed by atoms with E-state index in [0.29, 0.717) is 12.1 Å². The van der Waals surface area contributed by atoms with E-state index in [1.807, 2.05) is 0 Å². The summed E-state index contributed by atoms with van der Waals surface area (Å²) in [5, 5.41) is 5.06. The minimum Gasteiger partial charge on any atom is -0.465 e. The molecule has 0 spiro atoms. The SMILES string of the molecule is CCOC(=O)CN=CC(=CN)Nc1ncc(F)c(NCc2c(F)cc(F)cc2F)n1. The molecule has 0 saturated heterocycles. The number of carbonyl (C=O) groups is 1. The van der Waals surface area contributed by atoms with Crippen molar-refractivity contribution in [1.29, 1.82) is 0 Å². The maximum atomic E-state index is 13.9. The van der Waals surface area contributed by atoms with Gasteiger partial charge in [-0.05, 0) is 6.92 Å². The monoisotopic (exact) mass is 426 g/mol. The van der Waals surface area contributed by atoms with Gasteiger partial charge < -0.3 is 21.1 Å². The third kappa shape index (κ3) is 6.43. The molecule has 0 fully saturated rings. The molecule has 0 bridgehead atoms. The van der Waals surface area contributed by atoms with Crippen molar-refractivity contribution >= 4 is 24.0 Å². The van der Waals surface area contributed by atoms with Gasteiger partial charge in [-0.25, -0.2) is 22.5 Å². The second kappa shape index (κ2) is 10.7. The summed E-state index contributed by atoms with van der Waals surface area (Å²) >= 11 is 0. The summed E-state index contributed by atoms with van der Waals surface area (Å²) in [6.45, 7) is 1.15. The van der Waals surface area contributed by atoms with Crippen LogP contribution in [0.1, 0.15) is 12.5 Å². The molecule has 30 heavy (non-hydrogen) atoms. The first-order valence-electron chi connectivity index (χ1n) is 8.58. The fourth-order valence-electron chi connectivity index (χ4n) is 2.14. The standard InChI is InChI=1S/C18H18F4N6O2/c1-2-30-16(29)9-24-6-11(5-23)27-18-26-8-15(22)17(28-18)25-7-12-13(20)3-10(19)4-14(12)21/h3-6,8H,2,7,9,23H2,1H3,(H2,25,26,27,28). The average molecular weight is 426 g/mol. The molecule has 2 rings (SSSR count). The van der Waals surface area contributed by atoms with Crippen LogP contribution in [0.4, 0.5) is 29.3 Å². The number of halogens is 4. The van der Waals surface area contributed by atoms with Crippen molar-refractivity contribution in [3.8, 4) is 0 Å². The molecule has 0 unspecified atom stereocenters. The molecule has 160 valence electrons. The first-order chi connectivity index (χ1) is 14.3. The Balaban J connectivity index is 2.07. The van der Waals surface area contributed by atoms with E-state index in [4.69, 9.17) is 10.5 Å². The largest absolute Gasteiger partial charge is 0.465 e. The van der Waals surface area contributed by atoms with Crippen LogP contribution in [0.3, 0.4) is 0 Å². The van der Waals surface area contributed by atoms with Crippen LogP contribution in [-0.2, 0) is 16.1 Å². The Kier molecular flexibility index (Phi) is 8.08. The van der Waals surface area contributed by atoms with Gasteiger partial charge >= 0.3 is 5.97 Å². The van der Waals surface area contributed by atoms with Gasteiger partial charge in [0, 0.05) is 36.7 Å². The van der Waals surface area contributed by atoms with Gasteiger partial charge in [-0.15, -0.1) is 0 Å². The molecule has 0 radical (unpaired) electrons. The normalized spacial score (nSPS) is 11.6. The molecular formula is C18H18F4N6O2. The number of allylic oxidation sites excluding steroid dienone is 1. The van der Waals surface area contributed by atoms with Gasteiger partial charge in [0.25, 0.3) is 0 Å². The lowest BCUT2D eigenvalue weighted by Crippen LogP contribution is -2.12. The average Bonchev–Trinajstić information content (AvgIpc) is 2.68. The van der Waals surface area contributed by atoms with E-state index in [0.717, 1.165) is 12.4 Å². The Morgan fingerprint density at radius 2 is 1.93 bits per heavy atom. The third-order valence-corrected chi connectivity index (χ3v) is 3.47. The lowest BCUT2D eigenvalue weighted by atomic mass is 10.2. The van der Waals surface area contributed by atoms with E-state index in [1.165, 1.54) is 6.21 Å². The van der Waals surface area contributed by atoms with E-state index in [9.17, 15) is 22.4 Å². The number of nitrogens with zero attached hydrogens (tertiary/aromatic N) is 3. The Labute approximate surface area is 168 Å². The van der Waals surface area contributed by atoms with Gasteiger partial charge in [-0.1, -0.05) is 0 Å². The highest BCUT2D eigenvalue weighted by atomic mass is 19.1. The summed E-state index contributed by atoms with van der Waals surface area (Å²) in [4.78, 5) is 22.6. The maximum Gasteiger partial charge on any atom is 0.327 e. The number of esters is 1. The van der Waals surface area contributed by atoms with Crippen molar-refractivity contribution in [3.05, 3.63) is 59.1 Å². The number of nitrogens with one attached hydrogen (secondary N) is 2. The Morgan fingerprint density at radius 3 is 2.57 bits per heavy atom. The zero-order valence-electron chi connectivity index (χ0n) is 15.8. The Morgan fingerprint density at radius 1 is 1.23 bits per heavy atom. The molecule has 0 aliphatic heterocycles. The zero-order chi connectivity index (χ0) is 22.1. The van der Waals surface area contributed by atoms with Gasteiger partial charge in [0.1, 0.15) is 24.0 Å². The van der Waals surface area contributed by atoms with Crippen LogP contribution >= 0.6 is 0 Å². The highest BCUT2D eigenvalue weighted by Crippen LogP contribution is 2.18. The molecule has 2 aromatic rings. The summed E-state index contributed by atoms with van der Waals surface area (Å²) in [5.41, 5.74) is 5.15. The van der Waals surface area contributed by atoms with Crippen LogP contribution < -0.4 is 16.4 Å². The van der Waals surface area contributed by atoms with Crippen molar-refractivity contribution in [2.45, 2.75) is 13.5 Å². The predicted octanol–water partition coefficient (Wildman–Crippen LogP) is 2.49. The molecule has 0 amide bonds. The second-order valence-corrected chi connectivity index (χ2v) is 5.61. The Hall–Kier alpha value is -3.70. The molecule has 0 aliphatic carbocycles. The van der Waals surface area contributed by atoms with Crippen LogP contribution in [-0.4, -0.2) is 35.3 Å². The van der Waals surface area contributed by atoms with Gasteiger partial charge in [0.2, 0.25) is 5.95 Å². The number of hydrogen-bond donors (Lipinski definition) is 3. The van der Waals surface area contributed by atoms with Crippen molar-refractivity contribution < 1.29 is 27.1 Å². The van der Waals surface area contributed by atoms with Crippen molar-refractivity contribution in [2.75, 3.05) is 23.8 Å². The minimum absolute atomic E-state index is 0.113. The predicted molar refractivity (Wildman–Crippen MR) is 102 cm³/mol. The molecule has 12 heteroatoms. The Bertz CT molecular complexity index is 945. The number of rotatable bonds is 9. The fourth-order valence-corrected chi connectivity index (χ4v) is 2.14. The van der Waals surface area contributed by atoms with Crippen LogP contribution in [0.2, 0.25) is 0 Å². The van der Waals surface area contributed by atoms with Crippen LogP contribution in [0.5, 0.6) is 0 Å². The number of nitrogens with two attached hydrogens (primary N) is 1. The highest BCUT2D eigenvalue weighted by molar-refractivity contribution is 5.84. The second-order valence-electron chi connectivity index (χ2n) is 5.61. The molecular weight excluding hydrogens is 408 g/mol. The topological polar surface area (TPSA) is 115 Å². The molecule has 8 nitrogen and oxygen atoms in total. The molecule has 4 N–H and O–H groups in total. The number of hydrogen-bond acceptors (Lipinski definition) is 8. The summed E-state index contributed by atoms with van der Waals surface area (Å²) in [5.74, 6) is -5.22. The highest BCUT2D eigenvalue weighted by Gasteiger charge is 2.14. The molecule has 0 atom stereocenters. The number of aliphatic imine (C=N–C) groups is 1. The van der Waals surface area contributed by atoms with E-state index in [2.05, 4.69) is 25.6 Å². The third-order valence-electron chi connectivity index (χ3n) is 3.47. The number of ether oxygens (including phenoxy) is 1. The lowest BCUT2D eigenvalue weighted by Gasteiger charge is -2.11. The van der Waals surface area contributed by atoms with Gasteiger partial charge in [-0.3, -0.25) is 9.79 Å². The lowest BCUT2D eigenvalue weighted by molar-refractivity contribution is -0.141. The van der Waals surface area contributed by atoms with Gasteiger partial charge in [0.15, 0.2) is 11.6 Å². The van der Waals surface area contributed by atoms with Crippen molar-refractivity contribution in [2.24, 2.45) is 10.7 Å². The quantitative estimate of drug-likeness (QED) is 0.321. The number of benzene rings is 1. The first kappa shape index (κ1) is 22.6.